The molecule has 1 aliphatic heterocycles. The van der Waals surface area contributed by atoms with Gasteiger partial charge < -0.3 is 10.0 Å². The fourth-order valence-corrected chi connectivity index (χ4v) is 2.80. The average molecular weight is 301 g/mol. The van der Waals surface area contributed by atoms with Crippen molar-refractivity contribution in [2.45, 2.75) is 17.7 Å². The van der Waals surface area contributed by atoms with Crippen LogP contribution >= 0.6 is 0 Å². The van der Waals surface area contributed by atoms with Crippen LogP contribution in [0.4, 0.5) is 5.95 Å². The normalized spacial score (nSPS) is 19.9. The van der Waals surface area contributed by atoms with Gasteiger partial charge in [0, 0.05) is 19.3 Å². The van der Waals surface area contributed by atoms with Gasteiger partial charge in [0.05, 0.1) is 12.1 Å². The molecule has 0 bridgehead atoms. The lowest BCUT2D eigenvalue weighted by atomic mass is 9.99. The van der Waals surface area contributed by atoms with E-state index in [9.17, 15) is 18.0 Å². The number of nitrogens with one attached hydrogen (secondary N) is 1. The first-order valence-corrected chi connectivity index (χ1v) is 7.95. The van der Waals surface area contributed by atoms with Crippen LogP contribution in [0.3, 0.4) is 0 Å². The predicted octanol–water partition coefficient (Wildman–Crippen LogP) is -0.526. The zero-order valence-corrected chi connectivity index (χ0v) is 11.7. The van der Waals surface area contributed by atoms with Gasteiger partial charge in [-0.05, 0) is 12.8 Å². The van der Waals surface area contributed by atoms with Gasteiger partial charge in [0.15, 0.2) is 9.84 Å². The summed E-state index contributed by atoms with van der Waals surface area (Å²) in [5.41, 5.74) is -0.741. The van der Waals surface area contributed by atoms with Gasteiger partial charge in [-0.3, -0.25) is 14.6 Å². The molecule has 9 heteroatoms. The van der Waals surface area contributed by atoms with Crippen LogP contribution in [0.1, 0.15) is 12.8 Å². The van der Waals surface area contributed by atoms with Crippen LogP contribution in [0, 0.1) is 5.92 Å². The van der Waals surface area contributed by atoms with E-state index in [4.69, 9.17) is 5.11 Å². The second-order valence-corrected chi connectivity index (χ2v) is 6.78. The summed E-state index contributed by atoms with van der Waals surface area (Å²) in [5, 5.41) is 9.01. The molecule has 0 aromatic carbocycles. The number of piperidine rings is 1. The van der Waals surface area contributed by atoms with Gasteiger partial charge in [0.1, 0.15) is 4.90 Å². The van der Waals surface area contributed by atoms with Crippen LogP contribution in [0.25, 0.3) is 0 Å². The fraction of sp³-hybridized carbons (Fsp3) is 0.545. The minimum atomic E-state index is -3.62. The maximum absolute atomic E-state index is 11.7. The first kappa shape index (κ1) is 14.5. The molecule has 20 heavy (non-hydrogen) atoms. The Kier molecular flexibility index (Phi) is 3.80. The lowest BCUT2D eigenvalue weighted by Gasteiger charge is -2.30. The van der Waals surface area contributed by atoms with Crippen molar-refractivity contribution in [3.8, 4) is 0 Å². The van der Waals surface area contributed by atoms with Crippen molar-refractivity contribution < 1.29 is 18.3 Å². The lowest BCUT2D eigenvalue weighted by molar-refractivity contribution is -0.141. The van der Waals surface area contributed by atoms with E-state index in [2.05, 4.69) is 9.97 Å². The van der Waals surface area contributed by atoms with Crippen LogP contribution in [-0.2, 0) is 14.6 Å². The topological polar surface area (TPSA) is 120 Å². The average Bonchev–Trinajstić information content (AvgIpc) is 2.37. The summed E-state index contributed by atoms with van der Waals surface area (Å²) >= 11 is 0. The molecule has 110 valence electrons. The number of aromatic nitrogens is 2. The van der Waals surface area contributed by atoms with Crippen molar-refractivity contribution in [1.29, 1.82) is 0 Å². The van der Waals surface area contributed by atoms with Gasteiger partial charge in [-0.1, -0.05) is 0 Å². The van der Waals surface area contributed by atoms with E-state index in [1.54, 1.807) is 4.90 Å². The molecular formula is C11H15N3O5S. The van der Waals surface area contributed by atoms with Crippen LogP contribution in [-0.4, -0.2) is 48.8 Å². The van der Waals surface area contributed by atoms with Gasteiger partial charge in [0.2, 0.25) is 5.95 Å². The third-order valence-corrected chi connectivity index (χ3v) is 4.31. The minimum Gasteiger partial charge on any atom is -0.481 e. The van der Waals surface area contributed by atoms with E-state index in [-0.39, 0.29) is 12.5 Å². The largest absolute Gasteiger partial charge is 0.481 e. The van der Waals surface area contributed by atoms with Crippen molar-refractivity contribution >= 4 is 21.8 Å². The number of aromatic amines is 1. The third-order valence-electron chi connectivity index (χ3n) is 3.22. The molecule has 0 unspecified atom stereocenters. The van der Waals surface area contributed by atoms with Gasteiger partial charge in [-0.25, -0.2) is 13.4 Å². The van der Waals surface area contributed by atoms with Crippen molar-refractivity contribution in [2.24, 2.45) is 5.92 Å². The molecule has 1 fully saturated rings. The molecule has 1 aromatic rings. The molecule has 8 nitrogen and oxygen atoms in total. The van der Waals surface area contributed by atoms with Gasteiger partial charge >= 0.3 is 5.97 Å². The highest BCUT2D eigenvalue weighted by atomic mass is 32.2. The van der Waals surface area contributed by atoms with E-state index in [0.29, 0.717) is 19.4 Å². The molecule has 2 N–H and O–H groups in total. The Morgan fingerprint density at radius 1 is 1.55 bits per heavy atom. The SMILES string of the molecule is CS(=O)(=O)c1cnc(N2CCC[C@H](C(=O)O)C2)[nH]c1=O. The Hall–Kier alpha value is -1.90. The highest BCUT2D eigenvalue weighted by Crippen LogP contribution is 2.19. The molecule has 0 radical (unpaired) electrons. The molecule has 0 amide bonds. The zero-order valence-electron chi connectivity index (χ0n) is 10.9. The Labute approximate surface area is 115 Å². The summed E-state index contributed by atoms with van der Waals surface area (Å²) in [4.78, 5) is 30.3. The van der Waals surface area contributed by atoms with Crippen LogP contribution < -0.4 is 10.5 Å². The number of carboxylic acids is 1. The Morgan fingerprint density at radius 3 is 2.80 bits per heavy atom. The molecule has 1 aliphatic rings. The molecule has 2 heterocycles. The van der Waals surface area contributed by atoms with Crippen LogP contribution in [0.2, 0.25) is 0 Å². The number of nitrogens with zero attached hydrogens (tertiary/aromatic N) is 2. The van der Waals surface area contributed by atoms with Crippen molar-refractivity contribution in [1.82, 2.24) is 9.97 Å². The Morgan fingerprint density at radius 2 is 2.25 bits per heavy atom. The number of aliphatic carboxylic acids is 1. The monoisotopic (exact) mass is 301 g/mol. The lowest BCUT2D eigenvalue weighted by Crippen LogP contribution is -2.40. The molecule has 0 aliphatic carbocycles. The molecule has 0 saturated carbocycles. The quantitative estimate of drug-likeness (QED) is 0.770. The third kappa shape index (κ3) is 2.98. The highest BCUT2D eigenvalue weighted by molar-refractivity contribution is 7.90. The van der Waals surface area contributed by atoms with Gasteiger partial charge in [-0.2, -0.15) is 0 Å². The first-order chi connectivity index (χ1) is 9.29. The number of hydrogen-bond acceptors (Lipinski definition) is 6. The Bertz CT molecular complexity index is 682. The maximum Gasteiger partial charge on any atom is 0.308 e. The first-order valence-electron chi connectivity index (χ1n) is 6.06. The molecule has 0 spiro atoms. The molecule has 1 atom stereocenters. The van der Waals surface area contributed by atoms with Crippen molar-refractivity contribution in [2.75, 3.05) is 24.2 Å². The summed E-state index contributed by atoms with van der Waals surface area (Å²) in [5.74, 6) is -1.19. The minimum absolute atomic E-state index is 0.202. The summed E-state index contributed by atoms with van der Waals surface area (Å²) in [7, 11) is -3.62. The van der Waals surface area contributed by atoms with E-state index in [1.807, 2.05) is 0 Å². The Balaban J connectivity index is 2.28. The number of carboxylic acid groups (broad SMARTS) is 1. The van der Waals surface area contributed by atoms with Crippen LogP contribution in [0.15, 0.2) is 15.9 Å². The highest BCUT2D eigenvalue weighted by Gasteiger charge is 2.27. The fourth-order valence-electron chi connectivity index (χ4n) is 2.17. The maximum atomic E-state index is 11.7. The van der Waals surface area contributed by atoms with Crippen molar-refractivity contribution in [3.05, 3.63) is 16.6 Å². The number of sulfone groups is 1. The second-order valence-electron chi connectivity index (χ2n) is 4.80. The molecular weight excluding hydrogens is 286 g/mol. The molecule has 1 aromatic heterocycles. The standard InChI is InChI=1S/C11H15N3O5S/c1-20(18,19)8-5-12-11(13-9(8)15)14-4-2-3-7(6-14)10(16)17/h5,7H,2-4,6H2,1H3,(H,16,17)(H,12,13,15)/t7-/m0/s1. The van der Waals surface area contributed by atoms with E-state index in [1.165, 1.54) is 0 Å². The molecule has 2 rings (SSSR count). The summed E-state index contributed by atoms with van der Waals surface area (Å²) in [6.45, 7) is 0.821. The summed E-state index contributed by atoms with van der Waals surface area (Å²) < 4.78 is 22.7. The summed E-state index contributed by atoms with van der Waals surface area (Å²) in [6, 6.07) is 0. The van der Waals surface area contributed by atoms with E-state index < -0.39 is 32.2 Å². The predicted molar refractivity (Wildman–Crippen MR) is 70.5 cm³/mol. The number of H-pyrrole nitrogens is 1. The second kappa shape index (κ2) is 5.23. The number of hydrogen-bond donors (Lipinski definition) is 2. The van der Waals surface area contributed by atoms with Crippen molar-refractivity contribution in [3.63, 3.8) is 0 Å². The van der Waals surface area contributed by atoms with E-state index in [0.717, 1.165) is 12.5 Å². The number of carbonyl (C=O) groups is 1. The van der Waals surface area contributed by atoms with Gasteiger partial charge in [0.25, 0.3) is 5.56 Å². The van der Waals surface area contributed by atoms with Gasteiger partial charge in [-0.15, -0.1) is 0 Å². The van der Waals surface area contributed by atoms with Crippen LogP contribution in [0.5, 0.6) is 0 Å². The smallest absolute Gasteiger partial charge is 0.308 e. The number of anilines is 1. The number of rotatable bonds is 3. The summed E-state index contributed by atoms with van der Waals surface area (Å²) in [6.07, 6.45) is 3.19. The zero-order chi connectivity index (χ0) is 14.9. The molecule has 1 saturated heterocycles. The van der Waals surface area contributed by atoms with E-state index >= 15 is 0 Å².